The van der Waals surface area contributed by atoms with Gasteiger partial charge in [0.2, 0.25) is 5.91 Å². The number of carbonyl (C=O) groups is 2. The van der Waals surface area contributed by atoms with Crippen LogP contribution in [0, 0.1) is 20.8 Å². The molecule has 0 saturated carbocycles. The molecule has 166 valence electrons. The van der Waals surface area contributed by atoms with E-state index in [4.69, 9.17) is 12.2 Å². The summed E-state index contributed by atoms with van der Waals surface area (Å²) >= 11 is 6.73. The Morgan fingerprint density at radius 3 is 2.44 bits per heavy atom. The largest absolute Gasteiger partial charge is 0.326 e. The van der Waals surface area contributed by atoms with E-state index in [0.29, 0.717) is 28.6 Å². The predicted molar refractivity (Wildman–Crippen MR) is 139 cm³/mol. The van der Waals surface area contributed by atoms with Gasteiger partial charge in [-0.1, -0.05) is 78.1 Å². The van der Waals surface area contributed by atoms with Crippen LogP contribution in [0.15, 0.2) is 59.0 Å². The molecule has 1 aliphatic heterocycles. The van der Waals surface area contributed by atoms with Crippen molar-refractivity contribution in [2.24, 2.45) is 0 Å². The van der Waals surface area contributed by atoms with E-state index < -0.39 is 0 Å². The van der Waals surface area contributed by atoms with E-state index in [9.17, 15) is 9.59 Å². The quantitative estimate of drug-likeness (QED) is 0.393. The van der Waals surface area contributed by atoms with E-state index >= 15 is 0 Å². The van der Waals surface area contributed by atoms with Gasteiger partial charge in [0.25, 0.3) is 5.91 Å². The van der Waals surface area contributed by atoms with Gasteiger partial charge in [0, 0.05) is 18.7 Å². The van der Waals surface area contributed by atoms with E-state index in [2.05, 4.69) is 17.4 Å². The van der Waals surface area contributed by atoms with Crippen molar-refractivity contribution in [1.82, 2.24) is 4.90 Å². The number of anilines is 1. The van der Waals surface area contributed by atoms with Crippen LogP contribution in [0.3, 0.4) is 0 Å². The molecule has 0 atom stereocenters. The fourth-order valence-electron chi connectivity index (χ4n) is 3.73. The molecular weight excluding hydrogens is 436 g/mol. The van der Waals surface area contributed by atoms with Crippen LogP contribution in [0.2, 0.25) is 0 Å². The maximum atomic E-state index is 12.8. The van der Waals surface area contributed by atoms with Gasteiger partial charge >= 0.3 is 0 Å². The maximum Gasteiger partial charge on any atom is 0.266 e. The Hall–Kier alpha value is -2.70. The lowest BCUT2D eigenvalue weighted by atomic mass is 10.0. The second-order valence-electron chi connectivity index (χ2n) is 8.06. The Bertz CT molecular complexity index is 1080. The van der Waals surface area contributed by atoms with Crippen molar-refractivity contribution in [2.45, 2.75) is 40.5 Å². The standard InChI is InChI=1S/C26H28N2O2S2/c1-17-13-19(3)24(20(4)14-17)27-23(29)11-8-12-28-25(30)22(32-26(28)31)16-18(2)15-21-9-6-5-7-10-21/h5-7,9-10,13-16H,8,11-12H2,1-4H3,(H,27,29). The van der Waals surface area contributed by atoms with Crippen molar-refractivity contribution < 1.29 is 9.59 Å². The Morgan fingerprint density at radius 2 is 1.78 bits per heavy atom. The molecule has 2 amide bonds. The van der Waals surface area contributed by atoms with Crippen LogP contribution in [0.5, 0.6) is 0 Å². The first kappa shape index (κ1) is 24.0. The number of hydrogen-bond acceptors (Lipinski definition) is 4. The minimum Gasteiger partial charge on any atom is -0.326 e. The van der Waals surface area contributed by atoms with Crippen LogP contribution in [-0.4, -0.2) is 27.6 Å². The zero-order valence-corrected chi connectivity index (χ0v) is 20.5. The molecule has 6 heteroatoms. The van der Waals surface area contributed by atoms with Gasteiger partial charge < -0.3 is 5.32 Å². The Balaban J connectivity index is 1.56. The molecule has 0 radical (unpaired) electrons. The fraction of sp³-hybridized carbons (Fsp3) is 0.269. The van der Waals surface area contributed by atoms with Crippen LogP contribution in [0.1, 0.15) is 42.0 Å². The highest BCUT2D eigenvalue weighted by Gasteiger charge is 2.31. The van der Waals surface area contributed by atoms with Crippen molar-refractivity contribution >= 4 is 51.9 Å². The molecule has 1 heterocycles. The van der Waals surface area contributed by atoms with Gasteiger partial charge in [-0.3, -0.25) is 14.5 Å². The molecule has 2 aromatic rings. The summed E-state index contributed by atoms with van der Waals surface area (Å²) in [5.41, 5.74) is 6.22. The Kier molecular flexibility index (Phi) is 8.04. The first-order chi connectivity index (χ1) is 15.2. The lowest BCUT2D eigenvalue weighted by molar-refractivity contribution is -0.122. The van der Waals surface area contributed by atoms with E-state index in [0.717, 1.165) is 28.0 Å². The average Bonchev–Trinajstić information content (AvgIpc) is 2.98. The third kappa shape index (κ3) is 6.17. The van der Waals surface area contributed by atoms with Gasteiger partial charge in [-0.25, -0.2) is 0 Å². The molecule has 1 fully saturated rings. The van der Waals surface area contributed by atoms with E-state index in [1.54, 1.807) is 4.90 Å². The molecule has 4 nitrogen and oxygen atoms in total. The summed E-state index contributed by atoms with van der Waals surface area (Å²) < 4.78 is 0.541. The number of benzene rings is 2. The minimum absolute atomic E-state index is 0.0531. The molecule has 0 aliphatic carbocycles. The predicted octanol–water partition coefficient (Wildman–Crippen LogP) is 6.18. The molecule has 3 rings (SSSR count). The summed E-state index contributed by atoms with van der Waals surface area (Å²) in [7, 11) is 0. The molecule has 0 bridgehead atoms. The summed E-state index contributed by atoms with van der Waals surface area (Å²) in [5.74, 6) is -0.144. The number of thiocarbonyl (C=S) groups is 1. The van der Waals surface area contributed by atoms with Crippen molar-refractivity contribution in [3.05, 3.63) is 81.3 Å². The third-order valence-electron chi connectivity index (χ3n) is 5.15. The van der Waals surface area contributed by atoms with E-state index in [-0.39, 0.29) is 11.8 Å². The molecule has 1 aliphatic rings. The lowest BCUT2D eigenvalue weighted by Crippen LogP contribution is -2.29. The van der Waals surface area contributed by atoms with Gasteiger partial charge in [-0.15, -0.1) is 0 Å². The first-order valence-electron chi connectivity index (χ1n) is 10.6. The highest BCUT2D eigenvalue weighted by molar-refractivity contribution is 8.26. The lowest BCUT2D eigenvalue weighted by Gasteiger charge is -2.15. The highest BCUT2D eigenvalue weighted by Crippen LogP contribution is 2.32. The number of nitrogens with zero attached hydrogens (tertiary/aromatic N) is 1. The van der Waals surface area contributed by atoms with Crippen molar-refractivity contribution in [2.75, 3.05) is 11.9 Å². The van der Waals surface area contributed by atoms with Gasteiger partial charge in [0.1, 0.15) is 4.32 Å². The van der Waals surface area contributed by atoms with Crippen molar-refractivity contribution in [3.8, 4) is 0 Å². The maximum absolute atomic E-state index is 12.8. The van der Waals surface area contributed by atoms with Gasteiger partial charge in [0.05, 0.1) is 4.91 Å². The molecular formula is C26H28N2O2S2. The SMILES string of the molecule is CC(=Cc1ccccc1)C=C1SC(=S)N(CCCC(=O)Nc2c(C)cc(C)cc2C)C1=O. The van der Waals surface area contributed by atoms with Gasteiger partial charge in [-0.2, -0.15) is 0 Å². The first-order valence-corrected chi connectivity index (χ1v) is 11.8. The van der Waals surface area contributed by atoms with Crippen LogP contribution in [0.4, 0.5) is 5.69 Å². The molecule has 0 aromatic heterocycles. The second-order valence-corrected chi connectivity index (χ2v) is 9.73. The van der Waals surface area contributed by atoms with Crippen LogP contribution in [0.25, 0.3) is 6.08 Å². The smallest absolute Gasteiger partial charge is 0.266 e. The number of amides is 2. The van der Waals surface area contributed by atoms with Crippen LogP contribution < -0.4 is 5.32 Å². The third-order valence-corrected chi connectivity index (χ3v) is 6.53. The molecule has 1 saturated heterocycles. The van der Waals surface area contributed by atoms with Crippen molar-refractivity contribution in [1.29, 1.82) is 0 Å². The molecule has 32 heavy (non-hydrogen) atoms. The summed E-state index contributed by atoms with van der Waals surface area (Å²) in [4.78, 5) is 27.5. The number of hydrogen-bond donors (Lipinski definition) is 1. The monoisotopic (exact) mass is 464 g/mol. The number of rotatable bonds is 7. The normalized spacial score (nSPS) is 15.6. The van der Waals surface area contributed by atoms with Crippen molar-refractivity contribution in [3.63, 3.8) is 0 Å². The van der Waals surface area contributed by atoms with Crippen LogP contribution in [-0.2, 0) is 9.59 Å². The number of aryl methyl sites for hydroxylation is 3. The fourth-order valence-corrected chi connectivity index (χ4v) is 5.09. The molecule has 0 unspecified atom stereocenters. The zero-order valence-electron chi connectivity index (χ0n) is 18.9. The minimum atomic E-state index is -0.0913. The van der Waals surface area contributed by atoms with Gasteiger partial charge in [-0.05, 0) is 62.5 Å². The summed E-state index contributed by atoms with van der Waals surface area (Å²) in [6.07, 6.45) is 4.79. The zero-order chi connectivity index (χ0) is 23.3. The second kappa shape index (κ2) is 10.7. The Labute approximate surface area is 199 Å². The van der Waals surface area contributed by atoms with Gasteiger partial charge in [0.15, 0.2) is 0 Å². The summed E-state index contributed by atoms with van der Waals surface area (Å²) in [6.45, 7) is 8.44. The topological polar surface area (TPSA) is 49.4 Å². The Morgan fingerprint density at radius 1 is 1.12 bits per heavy atom. The summed E-state index contributed by atoms with van der Waals surface area (Å²) in [6, 6.07) is 14.1. The molecule has 2 aromatic carbocycles. The highest BCUT2D eigenvalue weighted by atomic mass is 32.2. The molecule has 1 N–H and O–H groups in total. The summed E-state index contributed by atoms with van der Waals surface area (Å²) in [5, 5.41) is 3.01. The van der Waals surface area contributed by atoms with E-state index in [1.165, 1.54) is 17.3 Å². The van der Waals surface area contributed by atoms with E-state index in [1.807, 2.05) is 70.2 Å². The molecule has 0 spiro atoms. The average molecular weight is 465 g/mol. The number of nitrogens with one attached hydrogen (secondary N) is 1. The number of allylic oxidation sites excluding steroid dienone is 2. The number of carbonyl (C=O) groups excluding carboxylic acids is 2. The number of thioether (sulfide) groups is 1. The van der Waals surface area contributed by atoms with Crippen LogP contribution >= 0.6 is 24.0 Å².